The van der Waals surface area contributed by atoms with Crippen molar-refractivity contribution in [3.63, 3.8) is 0 Å². The van der Waals surface area contributed by atoms with Crippen LogP contribution in [0.15, 0.2) is 54.6 Å². The number of amides is 2. The molecule has 0 aliphatic carbocycles. The Labute approximate surface area is 147 Å². The Morgan fingerprint density at radius 2 is 1.60 bits per heavy atom. The molecule has 0 radical (unpaired) electrons. The van der Waals surface area contributed by atoms with Crippen molar-refractivity contribution < 1.29 is 19.1 Å². The van der Waals surface area contributed by atoms with Crippen molar-refractivity contribution in [2.45, 2.75) is 0 Å². The van der Waals surface area contributed by atoms with Crippen LogP contribution < -0.4 is 10.6 Å². The average molecular weight is 359 g/mol. The second kappa shape index (κ2) is 6.78. The van der Waals surface area contributed by atoms with Gasteiger partial charge in [-0.15, -0.1) is 0 Å². The highest BCUT2D eigenvalue weighted by Gasteiger charge is 2.16. The van der Waals surface area contributed by atoms with E-state index in [4.69, 9.17) is 11.6 Å². The first-order chi connectivity index (χ1) is 12.0. The molecule has 3 aromatic carbocycles. The number of phenolic OH excluding ortho intramolecular Hbond substituents is 1. The van der Waals surface area contributed by atoms with Gasteiger partial charge in [-0.2, -0.15) is 0 Å². The lowest BCUT2D eigenvalue weighted by Gasteiger charge is -2.10. The summed E-state index contributed by atoms with van der Waals surface area (Å²) in [6, 6.07) is 13.4. The smallest absolute Gasteiger partial charge is 0.314 e. The van der Waals surface area contributed by atoms with E-state index in [-0.39, 0.29) is 16.5 Å². The predicted octanol–water partition coefficient (Wildman–Crippen LogP) is 3.92. The van der Waals surface area contributed by atoms with Crippen molar-refractivity contribution in [3.8, 4) is 5.75 Å². The molecule has 3 rings (SSSR count). The third kappa shape index (κ3) is 3.54. The normalized spacial score (nSPS) is 10.5. The van der Waals surface area contributed by atoms with Crippen LogP contribution in [0.1, 0.15) is 0 Å². The molecule has 0 spiro atoms. The molecule has 3 aromatic rings. The summed E-state index contributed by atoms with van der Waals surface area (Å²) < 4.78 is 13.1. The summed E-state index contributed by atoms with van der Waals surface area (Å²) in [5.41, 5.74) is 0.577. The number of carbonyl (C=O) groups excluding carboxylic acids is 2. The molecular weight excluding hydrogens is 347 g/mol. The van der Waals surface area contributed by atoms with Crippen LogP contribution in [0.5, 0.6) is 5.75 Å². The van der Waals surface area contributed by atoms with Gasteiger partial charge in [0.2, 0.25) is 0 Å². The van der Waals surface area contributed by atoms with Crippen LogP contribution in [0.25, 0.3) is 10.8 Å². The summed E-state index contributed by atoms with van der Waals surface area (Å²) in [6.07, 6.45) is 0. The second-order valence-corrected chi connectivity index (χ2v) is 5.62. The molecule has 0 aliphatic heterocycles. The second-order valence-electron chi connectivity index (χ2n) is 5.21. The topological polar surface area (TPSA) is 78.4 Å². The van der Waals surface area contributed by atoms with Crippen molar-refractivity contribution >= 4 is 45.6 Å². The first-order valence-corrected chi connectivity index (χ1v) is 7.61. The van der Waals surface area contributed by atoms with Crippen LogP contribution in [0.2, 0.25) is 5.02 Å². The molecule has 25 heavy (non-hydrogen) atoms. The maximum Gasteiger partial charge on any atom is 0.314 e. The Morgan fingerprint density at radius 3 is 2.36 bits per heavy atom. The predicted molar refractivity (Wildman–Crippen MR) is 94.3 cm³/mol. The monoisotopic (exact) mass is 358 g/mol. The van der Waals surface area contributed by atoms with Gasteiger partial charge in [0, 0.05) is 22.1 Å². The molecule has 126 valence electrons. The largest absolute Gasteiger partial charge is 0.507 e. The molecule has 7 heteroatoms. The number of fused-ring (bicyclic) bond motifs is 1. The lowest BCUT2D eigenvalue weighted by Crippen LogP contribution is -2.29. The average Bonchev–Trinajstić information content (AvgIpc) is 2.59. The number of hydrogen-bond donors (Lipinski definition) is 3. The maximum atomic E-state index is 13.1. The number of aromatic hydroxyl groups is 1. The van der Waals surface area contributed by atoms with Gasteiger partial charge < -0.3 is 15.7 Å². The zero-order valence-electron chi connectivity index (χ0n) is 12.7. The molecule has 0 unspecified atom stereocenters. The molecule has 0 aliphatic rings. The summed E-state index contributed by atoms with van der Waals surface area (Å²) in [6.45, 7) is 0. The third-order valence-electron chi connectivity index (χ3n) is 3.53. The molecular formula is C18H12ClFN2O3. The van der Waals surface area contributed by atoms with Crippen LogP contribution in [0.4, 0.5) is 15.8 Å². The van der Waals surface area contributed by atoms with Crippen molar-refractivity contribution in [3.05, 3.63) is 65.4 Å². The minimum Gasteiger partial charge on any atom is -0.507 e. The summed E-state index contributed by atoms with van der Waals surface area (Å²) in [5, 5.41) is 15.6. The quantitative estimate of drug-likeness (QED) is 0.608. The van der Waals surface area contributed by atoms with E-state index in [9.17, 15) is 19.1 Å². The van der Waals surface area contributed by atoms with E-state index >= 15 is 0 Å². The van der Waals surface area contributed by atoms with Crippen molar-refractivity contribution in [1.82, 2.24) is 0 Å². The van der Waals surface area contributed by atoms with E-state index in [2.05, 4.69) is 10.6 Å². The van der Waals surface area contributed by atoms with Gasteiger partial charge in [-0.3, -0.25) is 9.59 Å². The van der Waals surface area contributed by atoms with E-state index < -0.39 is 17.6 Å². The highest BCUT2D eigenvalue weighted by Crippen LogP contribution is 2.29. The van der Waals surface area contributed by atoms with Crippen molar-refractivity contribution in [2.24, 2.45) is 0 Å². The number of carbonyl (C=O) groups is 2. The van der Waals surface area contributed by atoms with Crippen LogP contribution in [-0.2, 0) is 9.59 Å². The van der Waals surface area contributed by atoms with Crippen LogP contribution in [0.3, 0.4) is 0 Å². The van der Waals surface area contributed by atoms with Gasteiger partial charge in [-0.25, -0.2) is 4.39 Å². The lowest BCUT2D eigenvalue weighted by atomic mass is 10.1. The van der Waals surface area contributed by atoms with Crippen LogP contribution in [0, 0.1) is 5.82 Å². The fourth-order valence-corrected chi connectivity index (χ4v) is 2.52. The zero-order chi connectivity index (χ0) is 18.0. The number of rotatable bonds is 2. The van der Waals surface area contributed by atoms with Gasteiger partial charge in [0.15, 0.2) is 0 Å². The van der Waals surface area contributed by atoms with Gasteiger partial charge in [0.1, 0.15) is 11.6 Å². The Balaban J connectivity index is 1.79. The van der Waals surface area contributed by atoms with E-state index in [1.807, 2.05) is 0 Å². The summed E-state index contributed by atoms with van der Waals surface area (Å²) >= 11 is 5.64. The van der Waals surface area contributed by atoms with Gasteiger partial charge in [0.05, 0.1) is 5.02 Å². The standard InChI is InChI=1S/C18H12ClFN2O3/c19-13-9-10(7-8-14(13)20)21-17(24)18(25)22-15-5-1-4-12-11(15)3-2-6-16(12)23/h1-9,23H,(H,21,24)(H,22,25). The first-order valence-electron chi connectivity index (χ1n) is 7.24. The van der Waals surface area contributed by atoms with E-state index in [1.54, 1.807) is 30.3 Å². The summed E-state index contributed by atoms with van der Waals surface area (Å²) in [4.78, 5) is 24.1. The van der Waals surface area contributed by atoms with Gasteiger partial charge >= 0.3 is 11.8 Å². The highest BCUT2D eigenvalue weighted by molar-refractivity contribution is 6.44. The molecule has 0 bridgehead atoms. The van der Waals surface area contributed by atoms with E-state index in [1.165, 1.54) is 18.2 Å². The molecule has 0 aromatic heterocycles. The number of benzene rings is 3. The number of halogens is 2. The molecule has 0 saturated heterocycles. The summed E-state index contributed by atoms with van der Waals surface area (Å²) in [7, 11) is 0. The van der Waals surface area contributed by atoms with E-state index in [0.717, 1.165) is 6.07 Å². The number of nitrogens with one attached hydrogen (secondary N) is 2. The Morgan fingerprint density at radius 1 is 0.920 bits per heavy atom. The van der Waals surface area contributed by atoms with E-state index in [0.29, 0.717) is 16.5 Å². The molecule has 0 heterocycles. The molecule has 0 atom stereocenters. The minimum absolute atomic E-state index is 0.0685. The van der Waals surface area contributed by atoms with Crippen molar-refractivity contribution in [2.75, 3.05) is 10.6 Å². The van der Waals surface area contributed by atoms with Gasteiger partial charge in [0.25, 0.3) is 0 Å². The van der Waals surface area contributed by atoms with Gasteiger partial charge in [-0.05, 0) is 30.3 Å². The Hall–Kier alpha value is -3.12. The number of anilines is 2. The lowest BCUT2D eigenvalue weighted by molar-refractivity contribution is -0.132. The number of phenols is 1. The number of hydrogen-bond acceptors (Lipinski definition) is 3. The zero-order valence-corrected chi connectivity index (χ0v) is 13.5. The minimum atomic E-state index is -0.931. The molecule has 0 saturated carbocycles. The van der Waals surface area contributed by atoms with Gasteiger partial charge in [-0.1, -0.05) is 35.9 Å². The van der Waals surface area contributed by atoms with Crippen molar-refractivity contribution in [1.29, 1.82) is 0 Å². The highest BCUT2D eigenvalue weighted by atomic mass is 35.5. The van der Waals surface area contributed by atoms with Crippen LogP contribution >= 0.6 is 11.6 Å². The van der Waals surface area contributed by atoms with Crippen LogP contribution in [-0.4, -0.2) is 16.9 Å². The fourth-order valence-electron chi connectivity index (χ4n) is 2.34. The molecule has 2 amide bonds. The maximum absolute atomic E-state index is 13.1. The summed E-state index contributed by atoms with van der Waals surface area (Å²) in [5.74, 6) is -2.39. The SMILES string of the molecule is O=C(Nc1ccc(F)c(Cl)c1)C(=O)Nc1cccc2c(O)cccc12. The third-order valence-corrected chi connectivity index (χ3v) is 3.82. The molecule has 0 fully saturated rings. The first kappa shape index (κ1) is 16.7. The molecule has 5 nitrogen and oxygen atoms in total. The Kier molecular flexibility index (Phi) is 4.54. The molecule has 3 N–H and O–H groups in total. The Bertz CT molecular complexity index is 991. The fraction of sp³-hybridized carbons (Fsp3) is 0.